The SMILES string of the molecule is CC(C)C(=O)N(C)Cc1ccc(-c2noc(C(C)(F)F)n2)s1. The number of hydrogen-bond donors (Lipinski definition) is 0. The van der Waals surface area contributed by atoms with Crippen LogP contribution in [0.5, 0.6) is 0 Å². The lowest BCUT2D eigenvalue weighted by molar-refractivity contribution is -0.133. The van der Waals surface area contributed by atoms with Gasteiger partial charge in [-0.15, -0.1) is 11.3 Å². The van der Waals surface area contributed by atoms with Crippen molar-refractivity contribution in [1.29, 1.82) is 0 Å². The number of amides is 1. The average molecular weight is 329 g/mol. The van der Waals surface area contributed by atoms with Gasteiger partial charge in [-0.3, -0.25) is 4.79 Å². The van der Waals surface area contributed by atoms with Crippen LogP contribution >= 0.6 is 11.3 Å². The number of thiophene rings is 1. The third-order valence-corrected chi connectivity index (χ3v) is 4.01. The van der Waals surface area contributed by atoms with Crippen molar-refractivity contribution < 1.29 is 18.1 Å². The zero-order chi connectivity index (χ0) is 16.5. The summed E-state index contributed by atoms with van der Waals surface area (Å²) in [5, 5.41) is 3.57. The van der Waals surface area contributed by atoms with Gasteiger partial charge in [0.15, 0.2) is 0 Å². The Kier molecular flexibility index (Phi) is 4.60. The van der Waals surface area contributed by atoms with E-state index in [9.17, 15) is 13.6 Å². The molecule has 0 N–H and O–H groups in total. The number of halogens is 2. The number of hydrogen-bond acceptors (Lipinski definition) is 5. The molecule has 0 saturated carbocycles. The molecule has 2 heterocycles. The van der Waals surface area contributed by atoms with Crippen molar-refractivity contribution in [3.05, 3.63) is 22.9 Å². The fraction of sp³-hybridized carbons (Fsp3) is 0.500. The molecule has 0 fully saturated rings. The molecule has 0 spiro atoms. The van der Waals surface area contributed by atoms with Crippen LogP contribution in [0.1, 0.15) is 31.5 Å². The summed E-state index contributed by atoms with van der Waals surface area (Å²) in [6.07, 6.45) is 0. The highest BCUT2D eigenvalue weighted by molar-refractivity contribution is 7.15. The molecule has 0 atom stereocenters. The van der Waals surface area contributed by atoms with Crippen LogP contribution in [-0.2, 0) is 17.3 Å². The van der Waals surface area contributed by atoms with Crippen molar-refractivity contribution in [2.24, 2.45) is 5.92 Å². The summed E-state index contributed by atoms with van der Waals surface area (Å²) in [6, 6.07) is 3.56. The van der Waals surface area contributed by atoms with E-state index in [1.165, 1.54) is 11.3 Å². The summed E-state index contributed by atoms with van der Waals surface area (Å²) in [4.78, 5) is 18.7. The topological polar surface area (TPSA) is 59.2 Å². The second-order valence-electron chi connectivity index (χ2n) is 5.43. The maximum atomic E-state index is 13.1. The minimum atomic E-state index is -3.16. The Hall–Kier alpha value is -1.83. The first-order valence-electron chi connectivity index (χ1n) is 6.74. The highest BCUT2D eigenvalue weighted by Crippen LogP contribution is 2.30. The zero-order valence-electron chi connectivity index (χ0n) is 12.8. The molecule has 0 bridgehead atoms. The Balaban J connectivity index is 2.12. The molecule has 0 aromatic carbocycles. The maximum Gasteiger partial charge on any atom is 0.322 e. The van der Waals surface area contributed by atoms with Crippen LogP contribution in [0.2, 0.25) is 0 Å². The molecule has 5 nitrogen and oxygen atoms in total. The van der Waals surface area contributed by atoms with Crippen LogP contribution in [0.3, 0.4) is 0 Å². The fourth-order valence-electron chi connectivity index (χ4n) is 1.84. The second kappa shape index (κ2) is 6.12. The third kappa shape index (κ3) is 3.68. The Morgan fingerprint density at radius 3 is 2.68 bits per heavy atom. The maximum absolute atomic E-state index is 13.1. The summed E-state index contributed by atoms with van der Waals surface area (Å²) in [7, 11) is 1.73. The third-order valence-electron chi connectivity index (χ3n) is 2.95. The van der Waals surface area contributed by atoms with Crippen LogP contribution in [-0.4, -0.2) is 28.0 Å². The van der Waals surface area contributed by atoms with Gasteiger partial charge in [-0.1, -0.05) is 19.0 Å². The van der Waals surface area contributed by atoms with Crippen molar-refractivity contribution in [3.63, 3.8) is 0 Å². The van der Waals surface area contributed by atoms with Crippen molar-refractivity contribution >= 4 is 17.2 Å². The smallest absolute Gasteiger partial charge is 0.322 e. The molecule has 1 amide bonds. The first-order chi connectivity index (χ1) is 10.2. The van der Waals surface area contributed by atoms with E-state index >= 15 is 0 Å². The molecule has 0 unspecified atom stereocenters. The summed E-state index contributed by atoms with van der Waals surface area (Å²) >= 11 is 1.34. The number of carbonyl (C=O) groups is 1. The summed E-state index contributed by atoms with van der Waals surface area (Å²) < 4.78 is 30.8. The molecular weight excluding hydrogens is 312 g/mol. The number of nitrogens with zero attached hydrogens (tertiary/aromatic N) is 3. The van der Waals surface area contributed by atoms with Crippen LogP contribution in [0.25, 0.3) is 10.7 Å². The molecule has 8 heteroatoms. The molecule has 0 aliphatic rings. The average Bonchev–Trinajstić information content (AvgIpc) is 3.04. The van der Waals surface area contributed by atoms with E-state index in [0.717, 1.165) is 4.88 Å². The van der Waals surface area contributed by atoms with E-state index in [4.69, 9.17) is 0 Å². The van der Waals surface area contributed by atoms with Gasteiger partial charge in [-0.05, 0) is 12.1 Å². The lowest BCUT2D eigenvalue weighted by atomic mass is 10.2. The van der Waals surface area contributed by atoms with E-state index < -0.39 is 11.8 Å². The van der Waals surface area contributed by atoms with Crippen molar-refractivity contribution in [2.45, 2.75) is 33.2 Å². The molecule has 2 aromatic rings. The Morgan fingerprint density at radius 2 is 2.14 bits per heavy atom. The molecule has 0 aliphatic heterocycles. The minimum absolute atomic E-state index is 0.0439. The lowest BCUT2D eigenvalue weighted by Gasteiger charge is -2.18. The van der Waals surface area contributed by atoms with Gasteiger partial charge < -0.3 is 9.42 Å². The van der Waals surface area contributed by atoms with Crippen LogP contribution in [0.15, 0.2) is 16.7 Å². The van der Waals surface area contributed by atoms with Gasteiger partial charge in [0.25, 0.3) is 5.89 Å². The van der Waals surface area contributed by atoms with E-state index in [1.54, 1.807) is 18.0 Å². The van der Waals surface area contributed by atoms with E-state index in [0.29, 0.717) is 18.3 Å². The van der Waals surface area contributed by atoms with Gasteiger partial charge in [0, 0.05) is 24.8 Å². The van der Waals surface area contributed by atoms with E-state index in [-0.39, 0.29) is 17.6 Å². The predicted octanol–water partition coefficient (Wildman–Crippen LogP) is 3.52. The summed E-state index contributed by atoms with van der Waals surface area (Å²) in [5.74, 6) is -3.76. The normalized spacial score (nSPS) is 12.0. The molecule has 2 aromatic heterocycles. The monoisotopic (exact) mass is 329 g/mol. The molecule has 120 valence electrons. The number of aromatic nitrogens is 2. The molecule has 22 heavy (non-hydrogen) atoms. The zero-order valence-corrected chi connectivity index (χ0v) is 13.6. The lowest BCUT2D eigenvalue weighted by Crippen LogP contribution is -2.29. The van der Waals surface area contributed by atoms with Gasteiger partial charge in [0.2, 0.25) is 11.7 Å². The Morgan fingerprint density at radius 1 is 1.45 bits per heavy atom. The Labute approximate surface area is 130 Å². The molecule has 0 radical (unpaired) electrons. The van der Waals surface area contributed by atoms with Gasteiger partial charge in [0.1, 0.15) is 0 Å². The van der Waals surface area contributed by atoms with E-state index in [1.807, 2.05) is 19.9 Å². The Bertz CT molecular complexity index is 661. The molecule has 0 aliphatic carbocycles. The largest absolute Gasteiger partial charge is 0.340 e. The first-order valence-corrected chi connectivity index (χ1v) is 7.56. The number of alkyl halides is 2. The molecular formula is C14H17F2N3O2S. The van der Waals surface area contributed by atoms with E-state index in [2.05, 4.69) is 14.7 Å². The van der Waals surface area contributed by atoms with Crippen LogP contribution in [0.4, 0.5) is 8.78 Å². The molecule has 2 rings (SSSR count). The van der Waals surface area contributed by atoms with Gasteiger partial charge in [-0.25, -0.2) is 0 Å². The van der Waals surface area contributed by atoms with Gasteiger partial charge >= 0.3 is 5.92 Å². The second-order valence-corrected chi connectivity index (χ2v) is 6.59. The van der Waals surface area contributed by atoms with Crippen molar-refractivity contribution in [2.75, 3.05) is 7.05 Å². The van der Waals surface area contributed by atoms with Crippen molar-refractivity contribution in [3.8, 4) is 10.7 Å². The highest BCUT2D eigenvalue weighted by atomic mass is 32.1. The standard InChI is InChI=1S/C14H17F2N3O2S/c1-8(2)12(20)19(4)7-9-5-6-10(22-9)11-17-13(21-18-11)14(3,15)16/h5-6,8H,7H2,1-4H3. The first kappa shape index (κ1) is 16.5. The quantitative estimate of drug-likeness (QED) is 0.842. The molecule has 0 saturated heterocycles. The van der Waals surface area contributed by atoms with Crippen LogP contribution < -0.4 is 0 Å². The predicted molar refractivity (Wildman–Crippen MR) is 78.5 cm³/mol. The number of rotatable bonds is 5. The minimum Gasteiger partial charge on any atom is -0.340 e. The number of carbonyl (C=O) groups excluding carboxylic acids is 1. The van der Waals surface area contributed by atoms with Crippen LogP contribution in [0, 0.1) is 5.92 Å². The van der Waals surface area contributed by atoms with Gasteiger partial charge in [0.05, 0.1) is 11.4 Å². The van der Waals surface area contributed by atoms with Gasteiger partial charge in [-0.2, -0.15) is 13.8 Å². The summed E-state index contributed by atoms with van der Waals surface area (Å²) in [6.45, 7) is 4.84. The summed E-state index contributed by atoms with van der Waals surface area (Å²) in [5.41, 5.74) is 0. The van der Waals surface area contributed by atoms with Crippen molar-refractivity contribution in [1.82, 2.24) is 15.0 Å². The highest BCUT2D eigenvalue weighted by Gasteiger charge is 2.32. The fourth-order valence-corrected chi connectivity index (χ4v) is 2.82.